The molecule has 0 radical (unpaired) electrons. The summed E-state index contributed by atoms with van der Waals surface area (Å²) in [6.07, 6.45) is 8.77. The van der Waals surface area contributed by atoms with Gasteiger partial charge in [-0.05, 0) is 91.4 Å². The van der Waals surface area contributed by atoms with Crippen LogP contribution in [0.15, 0.2) is 102 Å². The zero-order chi connectivity index (χ0) is 32.5. The van der Waals surface area contributed by atoms with Gasteiger partial charge in [-0.2, -0.15) is 0 Å². The van der Waals surface area contributed by atoms with Crippen LogP contribution in [0.3, 0.4) is 0 Å². The predicted molar refractivity (Wildman–Crippen MR) is 183 cm³/mol. The van der Waals surface area contributed by atoms with Crippen molar-refractivity contribution in [3.05, 3.63) is 136 Å². The summed E-state index contributed by atoms with van der Waals surface area (Å²) in [7, 11) is 1.67. The van der Waals surface area contributed by atoms with E-state index >= 15 is 0 Å². The second-order valence-electron chi connectivity index (χ2n) is 11.1. The van der Waals surface area contributed by atoms with E-state index in [1.165, 1.54) is 4.57 Å². The van der Waals surface area contributed by atoms with Crippen molar-refractivity contribution in [1.82, 2.24) is 19.9 Å². The SMILES string of the molecule is CCCCc1ccccc1C(=O)Nc1cccc(-c2cn(C)c(=O)c(Nc3ccc(C(=O)NCCc4ccncc4)cc3)n2)c1C. The summed E-state index contributed by atoms with van der Waals surface area (Å²) < 4.78 is 1.48. The number of amides is 2. The molecule has 3 aromatic carbocycles. The number of hydrogen-bond acceptors (Lipinski definition) is 6. The average Bonchev–Trinajstić information content (AvgIpc) is 3.07. The molecule has 5 rings (SSSR count). The monoisotopic (exact) mass is 614 g/mol. The van der Waals surface area contributed by atoms with Crippen LogP contribution >= 0.6 is 0 Å². The van der Waals surface area contributed by atoms with E-state index in [4.69, 9.17) is 0 Å². The van der Waals surface area contributed by atoms with Gasteiger partial charge in [0.05, 0.1) is 5.69 Å². The third-order valence-corrected chi connectivity index (χ3v) is 7.85. The molecule has 0 aliphatic carbocycles. The topological polar surface area (TPSA) is 118 Å². The fourth-order valence-electron chi connectivity index (χ4n) is 5.20. The fraction of sp³-hybridized carbons (Fsp3) is 0.216. The number of carbonyl (C=O) groups excluding carboxylic acids is 2. The third kappa shape index (κ3) is 7.74. The van der Waals surface area contributed by atoms with Crippen molar-refractivity contribution in [1.29, 1.82) is 0 Å². The van der Waals surface area contributed by atoms with Crippen LogP contribution in [0.5, 0.6) is 0 Å². The van der Waals surface area contributed by atoms with Gasteiger partial charge in [0, 0.05) is 60.2 Å². The van der Waals surface area contributed by atoms with Gasteiger partial charge in [0.15, 0.2) is 5.82 Å². The zero-order valence-corrected chi connectivity index (χ0v) is 26.3. The Labute approximate surface area is 268 Å². The number of carbonyl (C=O) groups is 2. The highest BCUT2D eigenvalue weighted by atomic mass is 16.2. The fourth-order valence-corrected chi connectivity index (χ4v) is 5.20. The van der Waals surface area contributed by atoms with E-state index in [1.807, 2.05) is 61.5 Å². The van der Waals surface area contributed by atoms with Crippen molar-refractivity contribution in [2.24, 2.45) is 7.05 Å². The van der Waals surface area contributed by atoms with E-state index in [0.717, 1.165) is 41.5 Å². The van der Waals surface area contributed by atoms with Crippen LogP contribution in [0.1, 0.15) is 57.2 Å². The first-order valence-corrected chi connectivity index (χ1v) is 15.4. The summed E-state index contributed by atoms with van der Waals surface area (Å²) in [5, 5.41) is 9.12. The van der Waals surface area contributed by atoms with Gasteiger partial charge in [0.1, 0.15) is 0 Å². The van der Waals surface area contributed by atoms with E-state index in [0.29, 0.717) is 41.2 Å². The molecular weight excluding hydrogens is 576 g/mol. The number of nitrogens with zero attached hydrogens (tertiary/aromatic N) is 3. The largest absolute Gasteiger partial charge is 0.352 e. The Morgan fingerprint density at radius 3 is 2.39 bits per heavy atom. The number of nitrogens with one attached hydrogen (secondary N) is 3. The highest BCUT2D eigenvalue weighted by molar-refractivity contribution is 6.06. The smallest absolute Gasteiger partial charge is 0.293 e. The summed E-state index contributed by atoms with van der Waals surface area (Å²) in [5.74, 6) is -0.189. The number of pyridine rings is 1. The Morgan fingerprint density at radius 2 is 1.63 bits per heavy atom. The van der Waals surface area contributed by atoms with Gasteiger partial charge < -0.3 is 20.5 Å². The molecule has 0 bridgehead atoms. The molecule has 0 aliphatic heterocycles. The summed E-state index contributed by atoms with van der Waals surface area (Å²) in [6.45, 7) is 4.57. The lowest BCUT2D eigenvalue weighted by molar-refractivity contribution is 0.0953. The van der Waals surface area contributed by atoms with E-state index in [2.05, 4.69) is 32.8 Å². The summed E-state index contributed by atoms with van der Waals surface area (Å²) >= 11 is 0. The van der Waals surface area contributed by atoms with Gasteiger partial charge in [-0.25, -0.2) is 4.98 Å². The number of aromatic nitrogens is 3. The number of rotatable bonds is 12. The Morgan fingerprint density at radius 1 is 0.870 bits per heavy atom. The molecule has 9 heteroatoms. The minimum atomic E-state index is -0.299. The van der Waals surface area contributed by atoms with Gasteiger partial charge in [0.25, 0.3) is 17.4 Å². The summed E-state index contributed by atoms with van der Waals surface area (Å²) in [6, 6.07) is 24.1. The molecule has 2 aromatic heterocycles. The second-order valence-corrected chi connectivity index (χ2v) is 11.1. The van der Waals surface area contributed by atoms with Gasteiger partial charge >= 0.3 is 0 Å². The maximum absolute atomic E-state index is 13.3. The minimum Gasteiger partial charge on any atom is -0.352 e. The Balaban J connectivity index is 1.30. The molecule has 2 heterocycles. The predicted octanol–water partition coefficient (Wildman–Crippen LogP) is 6.46. The third-order valence-electron chi connectivity index (χ3n) is 7.85. The number of aryl methyl sites for hydroxylation is 2. The molecule has 46 heavy (non-hydrogen) atoms. The standard InChI is InChI=1S/C37H38N6O3/c1-4-5-9-27-10-6-7-11-31(27)36(45)42-32-13-8-12-30(25(32)2)33-24-43(3)37(46)34(41-33)40-29-16-14-28(15-17-29)35(44)39-23-20-26-18-21-38-22-19-26/h6-8,10-19,21-22,24H,4-5,9,20,23H2,1-3H3,(H,39,44)(H,40,41)(H,42,45). The molecule has 0 saturated heterocycles. The van der Waals surface area contributed by atoms with E-state index in [1.54, 1.807) is 49.9 Å². The summed E-state index contributed by atoms with van der Waals surface area (Å²) in [4.78, 5) is 47.7. The zero-order valence-electron chi connectivity index (χ0n) is 26.3. The van der Waals surface area contributed by atoms with Crippen LogP contribution in [0.25, 0.3) is 11.3 Å². The molecular formula is C37H38N6O3. The molecule has 5 aromatic rings. The lowest BCUT2D eigenvalue weighted by atomic mass is 10.0. The Hall–Kier alpha value is -5.57. The maximum Gasteiger partial charge on any atom is 0.293 e. The number of benzene rings is 3. The van der Waals surface area contributed by atoms with Crippen LogP contribution in [0, 0.1) is 6.92 Å². The normalized spacial score (nSPS) is 10.8. The van der Waals surface area contributed by atoms with Crippen molar-refractivity contribution >= 4 is 29.0 Å². The van der Waals surface area contributed by atoms with Gasteiger partial charge in [-0.1, -0.05) is 43.7 Å². The van der Waals surface area contributed by atoms with Gasteiger partial charge in [-0.15, -0.1) is 0 Å². The van der Waals surface area contributed by atoms with Crippen LogP contribution in [0.4, 0.5) is 17.2 Å². The van der Waals surface area contributed by atoms with Crippen LogP contribution in [0.2, 0.25) is 0 Å². The first-order chi connectivity index (χ1) is 22.3. The maximum atomic E-state index is 13.3. The van der Waals surface area contributed by atoms with Gasteiger partial charge in [-0.3, -0.25) is 19.4 Å². The Kier molecular flexibility index (Phi) is 10.3. The highest BCUT2D eigenvalue weighted by Crippen LogP contribution is 2.28. The molecule has 3 N–H and O–H groups in total. The number of anilines is 3. The molecule has 0 fully saturated rings. The average molecular weight is 615 g/mol. The van der Waals surface area contributed by atoms with Crippen LogP contribution in [-0.2, 0) is 19.9 Å². The molecule has 234 valence electrons. The van der Waals surface area contributed by atoms with Crippen molar-refractivity contribution in [3.63, 3.8) is 0 Å². The van der Waals surface area contributed by atoms with E-state index in [-0.39, 0.29) is 23.2 Å². The van der Waals surface area contributed by atoms with Crippen molar-refractivity contribution in [2.75, 3.05) is 17.2 Å². The molecule has 0 saturated carbocycles. The van der Waals surface area contributed by atoms with Crippen molar-refractivity contribution in [3.8, 4) is 11.3 Å². The lowest BCUT2D eigenvalue weighted by Gasteiger charge is -2.15. The van der Waals surface area contributed by atoms with E-state index < -0.39 is 0 Å². The van der Waals surface area contributed by atoms with Crippen LogP contribution in [-0.4, -0.2) is 32.9 Å². The van der Waals surface area contributed by atoms with Gasteiger partial charge in [0.2, 0.25) is 0 Å². The highest BCUT2D eigenvalue weighted by Gasteiger charge is 2.16. The Bertz CT molecular complexity index is 1880. The molecule has 2 amide bonds. The molecule has 0 atom stereocenters. The minimum absolute atomic E-state index is 0.147. The quantitative estimate of drug-likeness (QED) is 0.148. The molecule has 0 unspecified atom stereocenters. The number of unbranched alkanes of at least 4 members (excludes halogenated alkanes) is 1. The van der Waals surface area contributed by atoms with E-state index in [9.17, 15) is 14.4 Å². The van der Waals surface area contributed by atoms with Crippen molar-refractivity contribution in [2.45, 2.75) is 39.5 Å². The first-order valence-electron chi connectivity index (χ1n) is 15.4. The van der Waals surface area contributed by atoms with Crippen LogP contribution < -0.4 is 21.5 Å². The molecule has 0 spiro atoms. The second kappa shape index (κ2) is 14.9. The first kappa shape index (κ1) is 31.8. The lowest BCUT2D eigenvalue weighted by Crippen LogP contribution is -2.25. The summed E-state index contributed by atoms with van der Waals surface area (Å²) in [5.41, 5.74) is 6.50. The molecule has 9 nitrogen and oxygen atoms in total. The molecule has 0 aliphatic rings. The van der Waals surface area contributed by atoms with Crippen molar-refractivity contribution < 1.29 is 9.59 Å². The number of hydrogen-bond donors (Lipinski definition) is 3.